The van der Waals surface area contributed by atoms with Gasteiger partial charge in [-0.25, -0.2) is 8.78 Å². The lowest BCUT2D eigenvalue weighted by Gasteiger charge is -2.01. The molecule has 0 aromatic heterocycles. The molecule has 1 rings (SSSR count). The molecule has 0 unspecified atom stereocenters. The van der Waals surface area contributed by atoms with Gasteiger partial charge in [-0.2, -0.15) is 0 Å². The topological polar surface area (TPSA) is 26.0 Å². The maximum absolute atomic E-state index is 13.3. The van der Waals surface area contributed by atoms with Crippen molar-refractivity contribution < 1.29 is 8.78 Å². The lowest BCUT2D eigenvalue weighted by Crippen LogP contribution is -1.94. The van der Waals surface area contributed by atoms with E-state index < -0.39 is 11.6 Å². The van der Waals surface area contributed by atoms with E-state index in [1.807, 2.05) is 0 Å². The Morgan fingerprint density at radius 1 is 1.38 bits per heavy atom. The van der Waals surface area contributed by atoms with Gasteiger partial charge in [0.25, 0.3) is 0 Å². The minimum atomic E-state index is -0.526. The zero-order valence-corrected chi connectivity index (χ0v) is 7.35. The smallest absolute Gasteiger partial charge is 0.136 e. The maximum atomic E-state index is 13.3. The second-order valence-electron chi connectivity index (χ2n) is 2.71. The predicted octanol–water partition coefficient (Wildman–Crippen LogP) is 2.25. The quantitative estimate of drug-likeness (QED) is 0.747. The van der Waals surface area contributed by atoms with Crippen molar-refractivity contribution in [3.63, 3.8) is 0 Å². The Morgan fingerprint density at radius 2 is 2.08 bits per heavy atom. The van der Waals surface area contributed by atoms with Crippen molar-refractivity contribution in [2.75, 3.05) is 6.54 Å². The molecule has 0 heterocycles. The highest BCUT2D eigenvalue weighted by atomic mass is 19.1. The van der Waals surface area contributed by atoms with E-state index in [4.69, 9.17) is 5.73 Å². The number of hydrogen-bond acceptors (Lipinski definition) is 1. The van der Waals surface area contributed by atoms with Gasteiger partial charge in [0.2, 0.25) is 0 Å². The van der Waals surface area contributed by atoms with E-state index in [1.54, 1.807) is 12.2 Å². The summed E-state index contributed by atoms with van der Waals surface area (Å²) in [6.07, 6.45) is 3.16. The lowest BCUT2D eigenvalue weighted by molar-refractivity contribution is 0.566. The molecule has 0 atom stereocenters. The van der Waals surface area contributed by atoms with E-state index >= 15 is 0 Å². The first-order valence-electron chi connectivity index (χ1n) is 3.98. The number of benzene rings is 1. The van der Waals surface area contributed by atoms with Crippen molar-refractivity contribution in [1.82, 2.24) is 0 Å². The number of rotatable bonds is 2. The molecule has 2 N–H and O–H groups in total. The molecule has 1 aromatic rings. The zero-order chi connectivity index (χ0) is 9.84. The average Bonchev–Trinajstić information content (AvgIpc) is 2.13. The third-order valence-electron chi connectivity index (χ3n) is 1.78. The molecule has 0 spiro atoms. The fourth-order valence-electron chi connectivity index (χ4n) is 1.01. The molecule has 0 saturated carbocycles. The molecular weight excluding hydrogens is 172 g/mol. The van der Waals surface area contributed by atoms with Crippen LogP contribution in [-0.2, 0) is 0 Å². The van der Waals surface area contributed by atoms with Gasteiger partial charge < -0.3 is 5.73 Å². The molecule has 0 fully saturated rings. The van der Waals surface area contributed by atoms with Crippen molar-refractivity contribution in [2.24, 2.45) is 5.73 Å². The summed E-state index contributed by atoms with van der Waals surface area (Å²) in [7, 11) is 0. The fourth-order valence-corrected chi connectivity index (χ4v) is 1.01. The first kappa shape index (κ1) is 9.86. The van der Waals surface area contributed by atoms with Crippen LogP contribution in [0.15, 0.2) is 18.2 Å². The Bertz CT molecular complexity index is 332. The van der Waals surface area contributed by atoms with Gasteiger partial charge in [0, 0.05) is 17.7 Å². The minimum Gasteiger partial charge on any atom is -0.327 e. The lowest BCUT2D eigenvalue weighted by atomic mass is 10.1. The molecular formula is C10H11F2N. The summed E-state index contributed by atoms with van der Waals surface area (Å²) in [6.45, 7) is 1.75. The van der Waals surface area contributed by atoms with E-state index in [9.17, 15) is 8.78 Å². The van der Waals surface area contributed by atoms with Crippen LogP contribution in [0.2, 0.25) is 0 Å². The third kappa shape index (κ3) is 2.12. The van der Waals surface area contributed by atoms with Gasteiger partial charge in [0.05, 0.1) is 0 Å². The molecule has 0 aliphatic carbocycles. The number of hydrogen-bond donors (Lipinski definition) is 1. The van der Waals surface area contributed by atoms with Crippen molar-refractivity contribution in [2.45, 2.75) is 6.92 Å². The van der Waals surface area contributed by atoms with Crippen LogP contribution in [0, 0.1) is 18.6 Å². The van der Waals surface area contributed by atoms with Crippen LogP contribution in [0.4, 0.5) is 8.78 Å². The summed E-state index contributed by atoms with van der Waals surface area (Å²) in [5.74, 6) is -1.05. The highest BCUT2D eigenvalue weighted by molar-refractivity contribution is 5.51. The Balaban J connectivity index is 3.11. The van der Waals surface area contributed by atoms with Crippen molar-refractivity contribution in [3.05, 3.63) is 41.0 Å². The zero-order valence-electron chi connectivity index (χ0n) is 7.35. The van der Waals surface area contributed by atoms with Gasteiger partial charge in [0.15, 0.2) is 0 Å². The molecule has 0 radical (unpaired) electrons. The van der Waals surface area contributed by atoms with Crippen LogP contribution in [0.25, 0.3) is 6.08 Å². The summed E-state index contributed by atoms with van der Waals surface area (Å²) in [6, 6.07) is 2.64. The SMILES string of the molecule is Cc1c(F)ccc(/C=C/CN)c1F. The molecule has 0 bridgehead atoms. The summed E-state index contributed by atoms with van der Waals surface area (Å²) in [5.41, 5.74) is 5.62. The number of halogens is 2. The summed E-state index contributed by atoms with van der Waals surface area (Å²) in [4.78, 5) is 0. The number of nitrogens with two attached hydrogens (primary N) is 1. The van der Waals surface area contributed by atoms with Gasteiger partial charge in [-0.1, -0.05) is 12.2 Å². The Morgan fingerprint density at radius 3 is 2.69 bits per heavy atom. The molecule has 0 aliphatic rings. The van der Waals surface area contributed by atoms with Gasteiger partial charge in [-0.15, -0.1) is 0 Å². The molecule has 0 amide bonds. The summed E-state index contributed by atoms with van der Waals surface area (Å²) >= 11 is 0. The monoisotopic (exact) mass is 183 g/mol. The summed E-state index contributed by atoms with van der Waals surface area (Å²) < 4.78 is 26.0. The van der Waals surface area contributed by atoms with Gasteiger partial charge in [0.1, 0.15) is 11.6 Å². The highest BCUT2D eigenvalue weighted by Gasteiger charge is 2.06. The Labute approximate surface area is 75.9 Å². The van der Waals surface area contributed by atoms with E-state index in [2.05, 4.69) is 0 Å². The van der Waals surface area contributed by atoms with E-state index in [-0.39, 0.29) is 5.56 Å². The molecule has 70 valence electrons. The van der Waals surface area contributed by atoms with E-state index in [0.717, 1.165) is 0 Å². The van der Waals surface area contributed by atoms with Gasteiger partial charge >= 0.3 is 0 Å². The largest absolute Gasteiger partial charge is 0.327 e. The van der Waals surface area contributed by atoms with Crippen molar-refractivity contribution in [1.29, 1.82) is 0 Å². The van der Waals surface area contributed by atoms with Crippen molar-refractivity contribution >= 4 is 6.08 Å². The van der Waals surface area contributed by atoms with Crippen molar-refractivity contribution in [3.8, 4) is 0 Å². The van der Waals surface area contributed by atoms with Crippen LogP contribution >= 0.6 is 0 Å². The van der Waals surface area contributed by atoms with Gasteiger partial charge in [-0.3, -0.25) is 0 Å². The van der Waals surface area contributed by atoms with Crippen LogP contribution in [-0.4, -0.2) is 6.54 Å². The van der Waals surface area contributed by atoms with Crippen LogP contribution in [0.3, 0.4) is 0 Å². The van der Waals surface area contributed by atoms with Crippen LogP contribution < -0.4 is 5.73 Å². The second-order valence-corrected chi connectivity index (χ2v) is 2.71. The standard InChI is InChI=1S/C10H11F2N/c1-7-9(11)5-4-8(10(7)12)3-2-6-13/h2-5H,6,13H2,1H3/b3-2+. The van der Waals surface area contributed by atoms with Gasteiger partial charge in [-0.05, 0) is 19.1 Å². The fraction of sp³-hybridized carbons (Fsp3) is 0.200. The maximum Gasteiger partial charge on any atom is 0.136 e. The second kappa shape index (κ2) is 4.14. The predicted molar refractivity (Wildman–Crippen MR) is 49.2 cm³/mol. The average molecular weight is 183 g/mol. The first-order chi connectivity index (χ1) is 6.16. The minimum absolute atomic E-state index is 0.0409. The van der Waals surface area contributed by atoms with Crippen LogP contribution in [0.5, 0.6) is 0 Å². The molecule has 1 nitrogen and oxygen atoms in total. The third-order valence-corrected chi connectivity index (χ3v) is 1.78. The van der Waals surface area contributed by atoms with E-state index in [1.165, 1.54) is 19.1 Å². The highest BCUT2D eigenvalue weighted by Crippen LogP contribution is 2.16. The molecule has 3 heteroatoms. The first-order valence-corrected chi connectivity index (χ1v) is 3.98. The molecule has 1 aromatic carbocycles. The molecule has 0 saturated heterocycles. The molecule has 13 heavy (non-hydrogen) atoms. The Hall–Kier alpha value is -1.22. The molecule has 0 aliphatic heterocycles. The summed E-state index contributed by atoms with van der Waals surface area (Å²) in [5, 5.41) is 0. The van der Waals surface area contributed by atoms with E-state index in [0.29, 0.717) is 12.1 Å². The normalized spacial score (nSPS) is 11.1. The Kier molecular flexibility index (Phi) is 3.14. The van der Waals surface area contributed by atoms with Crippen LogP contribution in [0.1, 0.15) is 11.1 Å².